The maximum Gasteiger partial charge on any atom is 0.239 e. The number of likely N-dealkylation sites (tertiary alicyclic amines) is 1. The van der Waals surface area contributed by atoms with Gasteiger partial charge < -0.3 is 25.2 Å². The first-order valence-corrected chi connectivity index (χ1v) is 11.4. The number of halogens is 1. The number of benzene rings is 1. The van der Waals surface area contributed by atoms with Crippen LogP contribution in [0.4, 0.5) is 0 Å². The maximum atomic E-state index is 12.7. The lowest BCUT2D eigenvalue weighted by Gasteiger charge is -2.39. The number of carbonyl (C=O) groups is 2. The molecule has 2 amide bonds. The van der Waals surface area contributed by atoms with E-state index in [1.54, 1.807) is 14.2 Å². The van der Waals surface area contributed by atoms with Gasteiger partial charge in [0.25, 0.3) is 0 Å². The van der Waals surface area contributed by atoms with E-state index >= 15 is 0 Å². The Hall–Kier alpha value is -2.08. The Kier molecular flexibility index (Phi) is 11.2. The molecule has 0 saturated carbocycles. The van der Waals surface area contributed by atoms with Crippen molar-refractivity contribution in [2.75, 3.05) is 60.0 Å². The summed E-state index contributed by atoms with van der Waals surface area (Å²) in [6.07, 6.45) is 2.23. The lowest BCUT2D eigenvalue weighted by molar-refractivity contribution is -0.135. The number of carbonyl (C=O) groups excluding carboxylic acids is 2. The molecule has 2 N–H and O–H groups in total. The van der Waals surface area contributed by atoms with Gasteiger partial charge in [0.2, 0.25) is 11.8 Å². The van der Waals surface area contributed by atoms with Crippen LogP contribution in [0.3, 0.4) is 0 Å². The fraction of sp³-hybridized carbons (Fsp3) is 0.609. The van der Waals surface area contributed by atoms with Crippen LogP contribution in [0.2, 0.25) is 0 Å². The summed E-state index contributed by atoms with van der Waals surface area (Å²) in [5.41, 5.74) is 1.01. The molecule has 0 bridgehead atoms. The third kappa shape index (κ3) is 7.73. The fourth-order valence-electron chi connectivity index (χ4n) is 4.18. The van der Waals surface area contributed by atoms with Gasteiger partial charge in [-0.1, -0.05) is 12.1 Å². The van der Waals surface area contributed by atoms with Crippen LogP contribution in [0, 0.1) is 0 Å². The molecule has 1 aromatic carbocycles. The number of hydrogen-bond acceptors (Lipinski definition) is 5. The summed E-state index contributed by atoms with van der Waals surface area (Å²) >= 11 is 0. The predicted molar refractivity (Wildman–Crippen MR) is 140 cm³/mol. The van der Waals surface area contributed by atoms with Crippen LogP contribution in [0.5, 0.6) is 5.75 Å². The van der Waals surface area contributed by atoms with E-state index in [-0.39, 0.29) is 48.4 Å². The lowest BCUT2D eigenvalue weighted by Crippen LogP contribution is -2.57. The molecule has 9 nitrogen and oxygen atoms in total. The number of piperazine rings is 1. The number of ether oxygens (including phenoxy) is 1. The molecule has 2 fully saturated rings. The number of methoxy groups -OCH3 is 1. The minimum Gasteiger partial charge on any atom is -0.497 e. The lowest BCUT2D eigenvalue weighted by atomic mass is 10.2. The summed E-state index contributed by atoms with van der Waals surface area (Å²) in [5, 5.41) is 6.07. The highest BCUT2D eigenvalue weighted by Crippen LogP contribution is 2.14. The second-order valence-corrected chi connectivity index (χ2v) is 8.26. The van der Waals surface area contributed by atoms with Gasteiger partial charge in [0.15, 0.2) is 5.96 Å². The molecule has 33 heavy (non-hydrogen) atoms. The molecule has 1 aromatic rings. The van der Waals surface area contributed by atoms with E-state index in [4.69, 9.17) is 4.74 Å². The number of nitrogens with one attached hydrogen (secondary N) is 2. The molecule has 3 rings (SSSR count). The predicted octanol–water partition coefficient (Wildman–Crippen LogP) is 1.13. The SMILES string of the molecule is CN=C(NCC(=O)NCc1ccc(OC)cc1)N1CCN(C(C)C(=O)N2CCCC2)CC1.I. The topological polar surface area (TPSA) is 89.5 Å². The smallest absolute Gasteiger partial charge is 0.239 e. The first kappa shape index (κ1) is 27.2. The molecule has 2 saturated heterocycles. The number of nitrogens with zero attached hydrogens (tertiary/aromatic N) is 4. The molecule has 2 aliphatic heterocycles. The van der Waals surface area contributed by atoms with E-state index in [1.807, 2.05) is 36.1 Å². The highest BCUT2D eigenvalue weighted by Gasteiger charge is 2.30. The third-order valence-corrected chi connectivity index (χ3v) is 6.20. The van der Waals surface area contributed by atoms with Crippen LogP contribution in [0.15, 0.2) is 29.3 Å². The van der Waals surface area contributed by atoms with Crippen molar-refractivity contribution in [1.29, 1.82) is 0 Å². The minimum atomic E-state index is -0.0922. The van der Waals surface area contributed by atoms with Crippen molar-refractivity contribution in [1.82, 2.24) is 25.3 Å². The van der Waals surface area contributed by atoms with Crippen LogP contribution in [-0.4, -0.2) is 98.5 Å². The van der Waals surface area contributed by atoms with E-state index in [9.17, 15) is 9.59 Å². The van der Waals surface area contributed by atoms with E-state index in [2.05, 4.69) is 25.4 Å². The zero-order valence-electron chi connectivity index (χ0n) is 19.9. The summed E-state index contributed by atoms with van der Waals surface area (Å²) in [5.74, 6) is 1.65. The fourth-order valence-corrected chi connectivity index (χ4v) is 4.18. The monoisotopic (exact) mass is 572 g/mol. The summed E-state index contributed by atoms with van der Waals surface area (Å²) in [7, 11) is 3.35. The maximum absolute atomic E-state index is 12.7. The van der Waals surface area contributed by atoms with Gasteiger partial charge in [-0.25, -0.2) is 0 Å². The zero-order valence-corrected chi connectivity index (χ0v) is 22.2. The standard InChI is InChI=1S/C23H36N6O3.HI/c1-18(22(31)28-10-4-5-11-28)27-12-14-29(15-13-27)23(24-2)26-17-21(30)25-16-19-6-8-20(32-3)9-7-19;/h6-9,18H,4-5,10-17H2,1-3H3,(H,24,26)(H,25,30);1H. The second kappa shape index (κ2) is 13.6. The van der Waals surface area contributed by atoms with E-state index in [1.165, 1.54) is 0 Å². The van der Waals surface area contributed by atoms with Gasteiger partial charge in [-0.2, -0.15) is 0 Å². The Bertz CT molecular complexity index is 790. The van der Waals surface area contributed by atoms with Crippen molar-refractivity contribution in [2.24, 2.45) is 4.99 Å². The Labute approximate surface area is 213 Å². The molecular weight excluding hydrogens is 535 g/mol. The second-order valence-electron chi connectivity index (χ2n) is 8.26. The Morgan fingerprint density at radius 2 is 1.64 bits per heavy atom. The van der Waals surface area contributed by atoms with Crippen molar-refractivity contribution < 1.29 is 14.3 Å². The summed E-state index contributed by atoms with van der Waals surface area (Å²) in [6.45, 7) is 7.54. The van der Waals surface area contributed by atoms with Gasteiger partial charge >= 0.3 is 0 Å². The molecule has 10 heteroatoms. The molecular formula is C23H37IN6O3. The molecule has 1 atom stereocenters. The van der Waals surface area contributed by atoms with Crippen molar-refractivity contribution in [3.05, 3.63) is 29.8 Å². The zero-order chi connectivity index (χ0) is 22.9. The van der Waals surface area contributed by atoms with E-state index in [0.29, 0.717) is 12.5 Å². The van der Waals surface area contributed by atoms with Crippen LogP contribution in [0.25, 0.3) is 0 Å². The van der Waals surface area contributed by atoms with Gasteiger partial charge in [-0.15, -0.1) is 24.0 Å². The average molecular weight is 572 g/mol. The summed E-state index contributed by atoms with van der Waals surface area (Å²) in [4.78, 5) is 35.6. The molecule has 1 unspecified atom stereocenters. The molecule has 2 heterocycles. The summed E-state index contributed by atoms with van der Waals surface area (Å²) < 4.78 is 5.15. The molecule has 2 aliphatic rings. The molecule has 0 aliphatic carbocycles. The molecule has 0 aromatic heterocycles. The van der Waals surface area contributed by atoms with Gasteiger partial charge in [-0.05, 0) is 37.5 Å². The van der Waals surface area contributed by atoms with Crippen LogP contribution in [0.1, 0.15) is 25.3 Å². The van der Waals surface area contributed by atoms with Crippen LogP contribution in [-0.2, 0) is 16.1 Å². The highest BCUT2D eigenvalue weighted by molar-refractivity contribution is 14.0. The van der Waals surface area contributed by atoms with Crippen molar-refractivity contribution in [3.8, 4) is 5.75 Å². The Morgan fingerprint density at radius 3 is 2.21 bits per heavy atom. The normalized spacial score (nSPS) is 17.8. The van der Waals surface area contributed by atoms with Crippen LogP contribution < -0.4 is 15.4 Å². The Balaban J connectivity index is 0.00000385. The molecule has 0 spiro atoms. The van der Waals surface area contributed by atoms with Crippen molar-refractivity contribution >= 4 is 41.8 Å². The van der Waals surface area contributed by atoms with Crippen molar-refractivity contribution in [2.45, 2.75) is 32.4 Å². The minimum absolute atomic E-state index is 0. The highest BCUT2D eigenvalue weighted by atomic mass is 127. The number of rotatable bonds is 7. The number of amides is 2. The van der Waals surface area contributed by atoms with Gasteiger partial charge in [0.05, 0.1) is 19.7 Å². The number of aliphatic imine (C=N–C) groups is 1. The van der Waals surface area contributed by atoms with Crippen molar-refractivity contribution in [3.63, 3.8) is 0 Å². The Morgan fingerprint density at radius 1 is 1.00 bits per heavy atom. The first-order chi connectivity index (χ1) is 15.5. The van der Waals surface area contributed by atoms with E-state index < -0.39 is 0 Å². The average Bonchev–Trinajstić information content (AvgIpc) is 3.38. The first-order valence-electron chi connectivity index (χ1n) is 11.4. The molecule has 0 radical (unpaired) electrons. The largest absolute Gasteiger partial charge is 0.497 e. The van der Waals surface area contributed by atoms with Gasteiger partial charge in [0.1, 0.15) is 5.75 Å². The van der Waals surface area contributed by atoms with Gasteiger partial charge in [-0.3, -0.25) is 19.5 Å². The molecule has 184 valence electrons. The van der Waals surface area contributed by atoms with Gasteiger partial charge in [0, 0.05) is 52.9 Å². The van der Waals surface area contributed by atoms with E-state index in [0.717, 1.165) is 63.4 Å². The van der Waals surface area contributed by atoms with Crippen LogP contribution >= 0.6 is 24.0 Å². The number of guanidine groups is 1. The summed E-state index contributed by atoms with van der Waals surface area (Å²) in [6, 6.07) is 7.52. The number of hydrogen-bond donors (Lipinski definition) is 2. The third-order valence-electron chi connectivity index (χ3n) is 6.20. The quantitative estimate of drug-likeness (QED) is 0.290.